The monoisotopic (exact) mass is 323 g/mol. The van der Waals surface area contributed by atoms with Crippen LogP contribution in [0.15, 0.2) is 30.3 Å². The summed E-state index contributed by atoms with van der Waals surface area (Å²) < 4.78 is 5.21. The lowest BCUT2D eigenvalue weighted by Crippen LogP contribution is -2.19. The molecule has 1 atom stereocenters. The van der Waals surface area contributed by atoms with Crippen LogP contribution in [0.1, 0.15) is 28.3 Å². The van der Waals surface area contributed by atoms with E-state index in [4.69, 9.17) is 27.9 Å². The van der Waals surface area contributed by atoms with Gasteiger partial charge in [0.15, 0.2) is 0 Å². The number of aryl methyl sites for hydroxylation is 2. The van der Waals surface area contributed by atoms with E-state index in [9.17, 15) is 0 Å². The largest absolute Gasteiger partial charge is 0.495 e. The molecule has 0 saturated carbocycles. The van der Waals surface area contributed by atoms with Crippen molar-refractivity contribution in [1.29, 1.82) is 0 Å². The second kappa shape index (κ2) is 6.69. The number of nitrogens with one attached hydrogen (secondary N) is 1. The van der Waals surface area contributed by atoms with Crippen molar-refractivity contribution < 1.29 is 4.74 Å². The van der Waals surface area contributed by atoms with Gasteiger partial charge in [0.2, 0.25) is 0 Å². The van der Waals surface area contributed by atoms with Crippen molar-refractivity contribution in [3.05, 3.63) is 62.6 Å². The fraction of sp³-hybridized carbons (Fsp3) is 0.294. The molecule has 0 bridgehead atoms. The van der Waals surface area contributed by atoms with Crippen molar-refractivity contribution in [2.75, 3.05) is 14.2 Å². The summed E-state index contributed by atoms with van der Waals surface area (Å²) in [6, 6.07) is 10.0. The number of halogens is 2. The summed E-state index contributed by atoms with van der Waals surface area (Å²) in [5.41, 5.74) is 4.56. The van der Waals surface area contributed by atoms with E-state index in [-0.39, 0.29) is 6.04 Å². The molecule has 2 aromatic rings. The van der Waals surface area contributed by atoms with Gasteiger partial charge in [0.05, 0.1) is 18.2 Å². The van der Waals surface area contributed by atoms with Crippen LogP contribution >= 0.6 is 23.2 Å². The summed E-state index contributed by atoms with van der Waals surface area (Å²) in [7, 11) is 3.50. The minimum Gasteiger partial charge on any atom is -0.495 e. The van der Waals surface area contributed by atoms with Crippen molar-refractivity contribution in [2.24, 2.45) is 0 Å². The zero-order valence-electron chi connectivity index (χ0n) is 12.6. The van der Waals surface area contributed by atoms with Crippen LogP contribution in [0.5, 0.6) is 5.75 Å². The summed E-state index contributed by atoms with van der Waals surface area (Å²) in [6.07, 6.45) is 0. The molecule has 1 unspecified atom stereocenters. The highest BCUT2D eigenvalue weighted by Crippen LogP contribution is 2.37. The molecule has 0 aliphatic heterocycles. The lowest BCUT2D eigenvalue weighted by atomic mass is 9.93. The lowest BCUT2D eigenvalue weighted by Gasteiger charge is -2.22. The summed E-state index contributed by atoms with van der Waals surface area (Å²) in [4.78, 5) is 0. The number of methoxy groups -OCH3 is 1. The first-order valence-electron chi connectivity index (χ1n) is 6.75. The van der Waals surface area contributed by atoms with Gasteiger partial charge < -0.3 is 10.1 Å². The van der Waals surface area contributed by atoms with Gasteiger partial charge in [0.25, 0.3) is 0 Å². The molecule has 2 aromatic carbocycles. The fourth-order valence-corrected chi connectivity index (χ4v) is 2.98. The van der Waals surface area contributed by atoms with Gasteiger partial charge in [-0.25, -0.2) is 0 Å². The van der Waals surface area contributed by atoms with E-state index in [2.05, 4.69) is 37.4 Å². The quantitative estimate of drug-likeness (QED) is 0.861. The molecule has 2 rings (SSSR count). The van der Waals surface area contributed by atoms with Gasteiger partial charge in [-0.3, -0.25) is 0 Å². The molecule has 0 spiro atoms. The predicted molar refractivity (Wildman–Crippen MR) is 89.8 cm³/mol. The summed E-state index contributed by atoms with van der Waals surface area (Å²) >= 11 is 12.7. The molecule has 0 aromatic heterocycles. The zero-order chi connectivity index (χ0) is 15.6. The highest BCUT2D eigenvalue weighted by Gasteiger charge is 2.19. The second-order valence-corrected chi connectivity index (χ2v) is 5.90. The Morgan fingerprint density at radius 3 is 2.33 bits per heavy atom. The minimum absolute atomic E-state index is 0.0131. The van der Waals surface area contributed by atoms with Crippen molar-refractivity contribution in [3.63, 3.8) is 0 Å². The van der Waals surface area contributed by atoms with Gasteiger partial charge in [-0.15, -0.1) is 0 Å². The number of hydrogen-bond acceptors (Lipinski definition) is 2. The fourth-order valence-electron chi connectivity index (χ4n) is 2.47. The molecule has 1 N–H and O–H groups in total. The number of benzene rings is 2. The molecule has 4 heteroatoms. The van der Waals surface area contributed by atoms with Crippen molar-refractivity contribution in [1.82, 2.24) is 5.32 Å². The third kappa shape index (κ3) is 3.34. The Morgan fingerprint density at radius 1 is 1.00 bits per heavy atom. The van der Waals surface area contributed by atoms with Crippen LogP contribution in [-0.4, -0.2) is 14.2 Å². The van der Waals surface area contributed by atoms with Crippen molar-refractivity contribution in [3.8, 4) is 5.75 Å². The lowest BCUT2D eigenvalue weighted by molar-refractivity contribution is 0.415. The number of rotatable bonds is 4. The second-order valence-electron chi connectivity index (χ2n) is 5.09. The average Bonchev–Trinajstić information content (AvgIpc) is 2.46. The van der Waals surface area contributed by atoms with Gasteiger partial charge in [0.1, 0.15) is 5.75 Å². The van der Waals surface area contributed by atoms with E-state index >= 15 is 0 Å². The zero-order valence-corrected chi connectivity index (χ0v) is 14.1. The van der Waals surface area contributed by atoms with Crippen molar-refractivity contribution >= 4 is 23.2 Å². The van der Waals surface area contributed by atoms with E-state index < -0.39 is 0 Å². The smallest absolute Gasteiger partial charge is 0.138 e. The Kier molecular flexibility index (Phi) is 5.15. The normalized spacial score (nSPS) is 12.3. The summed E-state index contributed by atoms with van der Waals surface area (Å²) in [5.74, 6) is 0.584. The maximum Gasteiger partial charge on any atom is 0.138 e. The molecule has 0 fully saturated rings. The van der Waals surface area contributed by atoms with E-state index in [1.807, 2.05) is 13.1 Å². The topological polar surface area (TPSA) is 21.3 Å². The molecular formula is C17H19Cl2NO. The van der Waals surface area contributed by atoms with Gasteiger partial charge in [0, 0.05) is 11.1 Å². The Bertz CT molecular complexity index is 655. The molecule has 0 saturated heterocycles. The van der Waals surface area contributed by atoms with Gasteiger partial charge >= 0.3 is 0 Å². The van der Waals surface area contributed by atoms with Gasteiger partial charge in [-0.05, 0) is 43.7 Å². The van der Waals surface area contributed by atoms with Crippen LogP contribution in [0.2, 0.25) is 10.0 Å². The first-order valence-corrected chi connectivity index (χ1v) is 7.51. The molecule has 0 radical (unpaired) electrons. The van der Waals surface area contributed by atoms with E-state index in [0.29, 0.717) is 15.8 Å². The van der Waals surface area contributed by atoms with Crippen LogP contribution < -0.4 is 10.1 Å². The minimum atomic E-state index is -0.0131. The third-order valence-corrected chi connectivity index (χ3v) is 4.24. The first-order chi connectivity index (χ1) is 9.97. The number of ether oxygens (including phenoxy) is 1. The number of hydrogen-bond donors (Lipinski definition) is 1. The van der Waals surface area contributed by atoms with Crippen LogP contribution in [0.4, 0.5) is 0 Å². The maximum absolute atomic E-state index is 6.42. The molecule has 0 aliphatic carbocycles. The Labute approximate surface area is 136 Å². The molecule has 2 nitrogen and oxygen atoms in total. The Balaban J connectivity index is 2.56. The van der Waals surface area contributed by atoms with Crippen LogP contribution in [-0.2, 0) is 0 Å². The van der Waals surface area contributed by atoms with Crippen LogP contribution in [0.3, 0.4) is 0 Å². The van der Waals surface area contributed by atoms with Gasteiger partial charge in [-0.1, -0.05) is 47.0 Å². The highest BCUT2D eigenvalue weighted by molar-refractivity contribution is 6.34. The molecule has 0 aliphatic rings. The highest BCUT2D eigenvalue weighted by atomic mass is 35.5. The predicted octanol–water partition coefficient (Wildman–Crippen LogP) is 4.93. The van der Waals surface area contributed by atoms with Crippen molar-refractivity contribution in [2.45, 2.75) is 19.9 Å². The molecule has 0 heterocycles. The van der Waals surface area contributed by atoms with Crippen LogP contribution in [0.25, 0.3) is 0 Å². The summed E-state index contributed by atoms with van der Waals surface area (Å²) in [5, 5.41) is 4.52. The van der Waals surface area contributed by atoms with Gasteiger partial charge in [-0.2, -0.15) is 0 Å². The standard InChI is InChI=1S/C17H19Cl2NO/c1-10-5-6-11(2)12(7-10)17(20-3)13-8-15(19)16(21-4)9-14(13)18/h5-9,17,20H,1-4H3. The Morgan fingerprint density at radius 2 is 1.71 bits per heavy atom. The van der Waals surface area contributed by atoms with E-state index in [1.165, 1.54) is 16.7 Å². The molecular weight excluding hydrogens is 305 g/mol. The molecule has 21 heavy (non-hydrogen) atoms. The van der Waals surface area contributed by atoms with Crippen LogP contribution in [0, 0.1) is 13.8 Å². The third-order valence-electron chi connectivity index (χ3n) is 3.62. The van der Waals surface area contributed by atoms with E-state index in [1.54, 1.807) is 13.2 Å². The average molecular weight is 324 g/mol. The first kappa shape index (κ1) is 16.2. The molecule has 112 valence electrons. The SMILES string of the molecule is CNC(c1cc(C)ccc1C)c1cc(Cl)c(OC)cc1Cl. The summed E-state index contributed by atoms with van der Waals surface area (Å²) in [6.45, 7) is 4.18. The maximum atomic E-state index is 6.42. The van der Waals surface area contributed by atoms with E-state index in [0.717, 1.165) is 5.56 Å². The Hall–Kier alpha value is -1.22. The molecule has 0 amide bonds.